The molecule has 0 aliphatic carbocycles. The van der Waals surface area contributed by atoms with E-state index in [1.165, 1.54) is 6.21 Å². The molecule has 1 N–H and O–H groups in total. The Kier molecular flexibility index (Phi) is 7.80. The smallest absolute Gasteiger partial charge is 0.101 e. The van der Waals surface area contributed by atoms with Crippen molar-refractivity contribution >= 4 is 12.1 Å². The van der Waals surface area contributed by atoms with E-state index in [0.717, 1.165) is 31.8 Å². The lowest BCUT2D eigenvalue weighted by molar-refractivity contribution is 0.414. The van der Waals surface area contributed by atoms with Gasteiger partial charge in [0.15, 0.2) is 0 Å². The molecule has 14 heavy (non-hydrogen) atoms. The SMILES string of the molecule is CCCN(CCC)C(C)=N/C=C\C=N. The van der Waals surface area contributed by atoms with E-state index in [4.69, 9.17) is 5.41 Å². The Bertz CT molecular complexity index is 201. The minimum Gasteiger partial charge on any atom is -0.360 e. The van der Waals surface area contributed by atoms with Crippen LogP contribution in [0.2, 0.25) is 0 Å². The molecule has 0 unspecified atom stereocenters. The number of hydrogen-bond acceptors (Lipinski definition) is 2. The van der Waals surface area contributed by atoms with Crippen molar-refractivity contribution in [1.82, 2.24) is 4.90 Å². The molecule has 0 atom stereocenters. The van der Waals surface area contributed by atoms with Gasteiger partial charge in [-0.15, -0.1) is 0 Å². The van der Waals surface area contributed by atoms with Crippen LogP contribution in [0.4, 0.5) is 0 Å². The summed E-state index contributed by atoms with van der Waals surface area (Å²) < 4.78 is 0. The van der Waals surface area contributed by atoms with E-state index < -0.39 is 0 Å². The molecule has 0 rings (SSSR count). The number of amidine groups is 1. The van der Waals surface area contributed by atoms with Gasteiger partial charge in [0, 0.05) is 25.5 Å². The normalized spacial score (nSPS) is 12.1. The molecular weight excluding hydrogens is 174 g/mol. The molecule has 0 spiro atoms. The standard InChI is InChI=1S/C11H21N3/c1-4-9-14(10-5-2)11(3)13-8-6-7-12/h6-8,12H,4-5,9-10H2,1-3H3/b8-6-,12-7?,13-11?. The lowest BCUT2D eigenvalue weighted by atomic mass is 10.3. The first-order chi connectivity index (χ1) is 6.76. The molecular formula is C11H21N3. The topological polar surface area (TPSA) is 39.5 Å². The van der Waals surface area contributed by atoms with Gasteiger partial charge in [-0.1, -0.05) is 13.8 Å². The quantitative estimate of drug-likeness (QED) is 0.513. The summed E-state index contributed by atoms with van der Waals surface area (Å²) in [6, 6.07) is 0. The Morgan fingerprint density at radius 3 is 2.29 bits per heavy atom. The zero-order valence-electron chi connectivity index (χ0n) is 9.45. The summed E-state index contributed by atoms with van der Waals surface area (Å²) in [5.74, 6) is 1.03. The van der Waals surface area contributed by atoms with Gasteiger partial charge in [-0.2, -0.15) is 0 Å². The van der Waals surface area contributed by atoms with Crippen molar-refractivity contribution in [3.05, 3.63) is 12.3 Å². The van der Waals surface area contributed by atoms with Crippen LogP contribution < -0.4 is 0 Å². The molecule has 3 heteroatoms. The Morgan fingerprint density at radius 2 is 1.86 bits per heavy atom. The van der Waals surface area contributed by atoms with Gasteiger partial charge in [0.05, 0.1) is 0 Å². The molecule has 0 aliphatic rings. The van der Waals surface area contributed by atoms with E-state index in [9.17, 15) is 0 Å². The van der Waals surface area contributed by atoms with Gasteiger partial charge >= 0.3 is 0 Å². The van der Waals surface area contributed by atoms with Gasteiger partial charge in [-0.3, -0.25) is 0 Å². The summed E-state index contributed by atoms with van der Waals surface area (Å²) in [5, 5.41) is 6.82. The van der Waals surface area contributed by atoms with Crippen LogP contribution in [0.5, 0.6) is 0 Å². The maximum absolute atomic E-state index is 6.82. The summed E-state index contributed by atoms with van der Waals surface area (Å²) in [6.07, 6.45) is 6.81. The molecule has 0 radical (unpaired) electrons. The second-order valence-electron chi connectivity index (χ2n) is 3.17. The maximum atomic E-state index is 6.82. The zero-order valence-corrected chi connectivity index (χ0v) is 9.45. The molecule has 0 saturated carbocycles. The third-order valence-electron chi connectivity index (χ3n) is 1.89. The number of rotatable bonds is 6. The van der Waals surface area contributed by atoms with E-state index >= 15 is 0 Å². The fourth-order valence-electron chi connectivity index (χ4n) is 1.25. The Labute approximate surface area is 87.0 Å². The summed E-state index contributed by atoms with van der Waals surface area (Å²) >= 11 is 0. The van der Waals surface area contributed by atoms with Crippen LogP contribution in [0.15, 0.2) is 17.3 Å². The molecule has 0 aromatic heterocycles. The summed E-state index contributed by atoms with van der Waals surface area (Å²) in [4.78, 5) is 6.53. The highest BCUT2D eigenvalue weighted by Gasteiger charge is 2.02. The fraction of sp³-hybridized carbons (Fsp3) is 0.636. The van der Waals surface area contributed by atoms with Gasteiger partial charge in [-0.05, 0) is 25.8 Å². The summed E-state index contributed by atoms with van der Waals surface area (Å²) in [7, 11) is 0. The predicted molar refractivity (Wildman–Crippen MR) is 63.2 cm³/mol. The molecule has 80 valence electrons. The zero-order chi connectivity index (χ0) is 10.8. The first-order valence-corrected chi connectivity index (χ1v) is 5.21. The molecule has 0 saturated heterocycles. The van der Waals surface area contributed by atoms with Crippen LogP contribution >= 0.6 is 0 Å². The van der Waals surface area contributed by atoms with E-state index in [1.54, 1.807) is 12.3 Å². The first kappa shape index (κ1) is 12.9. The Hall–Kier alpha value is -1.12. The average molecular weight is 195 g/mol. The van der Waals surface area contributed by atoms with Crippen molar-refractivity contribution in [2.45, 2.75) is 33.6 Å². The van der Waals surface area contributed by atoms with Gasteiger partial charge in [0.2, 0.25) is 0 Å². The minimum atomic E-state index is 1.03. The summed E-state index contributed by atoms with van der Waals surface area (Å²) in [6.45, 7) is 8.47. The molecule has 3 nitrogen and oxygen atoms in total. The van der Waals surface area contributed by atoms with Crippen LogP contribution in [0.3, 0.4) is 0 Å². The Balaban J connectivity index is 4.24. The maximum Gasteiger partial charge on any atom is 0.101 e. The van der Waals surface area contributed by atoms with Gasteiger partial charge in [-0.25, -0.2) is 4.99 Å². The van der Waals surface area contributed by atoms with Gasteiger partial charge in [0.25, 0.3) is 0 Å². The van der Waals surface area contributed by atoms with Crippen LogP contribution in [0, 0.1) is 5.41 Å². The number of hydrogen-bond donors (Lipinski definition) is 1. The highest BCUT2D eigenvalue weighted by molar-refractivity contribution is 5.80. The average Bonchev–Trinajstić information content (AvgIpc) is 2.18. The highest BCUT2D eigenvalue weighted by atomic mass is 15.2. The van der Waals surface area contributed by atoms with Crippen LogP contribution in [0.1, 0.15) is 33.6 Å². The number of nitrogens with zero attached hydrogens (tertiary/aromatic N) is 2. The molecule has 0 bridgehead atoms. The van der Waals surface area contributed by atoms with Crippen molar-refractivity contribution in [2.24, 2.45) is 4.99 Å². The van der Waals surface area contributed by atoms with E-state index in [2.05, 4.69) is 23.7 Å². The van der Waals surface area contributed by atoms with Crippen LogP contribution in [0.25, 0.3) is 0 Å². The van der Waals surface area contributed by atoms with E-state index in [1.807, 2.05) is 6.92 Å². The Morgan fingerprint density at radius 1 is 1.29 bits per heavy atom. The van der Waals surface area contributed by atoms with Crippen molar-refractivity contribution < 1.29 is 0 Å². The molecule has 0 aromatic rings. The molecule has 0 aromatic carbocycles. The van der Waals surface area contributed by atoms with Gasteiger partial charge in [0.1, 0.15) is 5.84 Å². The second-order valence-corrected chi connectivity index (χ2v) is 3.17. The number of nitrogens with one attached hydrogen (secondary N) is 1. The number of aliphatic imine (C=N–C) groups is 1. The second kappa shape index (κ2) is 8.48. The summed E-state index contributed by atoms with van der Waals surface area (Å²) in [5.41, 5.74) is 0. The van der Waals surface area contributed by atoms with Crippen molar-refractivity contribution in [1.29, 1.82) is 5.41 Å². The number of allylic oxidation sites excluding steroid dienone is 1. The monoisotopic (exact) mass is 195 g/mol. The van der Waals surface area contributed by atoms with Crippen molar-refractivity contribution in [3.8, 4) is 0 Å². The van der Waals surface area contributed by atoms with Crippen LogP contribution in [-0.4, -0.2) is 30.0 Å². The molecule has 0 aliphatic heterocycles. The van der Waals surface area contributed by atoms with Crippen molar-refractivity contribution in [3.63, 3.8) is 0 Å². The van der Waals surface area contributed by atoms with Gasteiger partial charge < -0.3 is 10.3 Å². The van der Waals surface area contributed by atoms with Crippen LogP contribution in [-0.2, 0) is 0 Å². The first-order valence-electron chi connectivity index (χ1n) is 5.21. The predicted octanol–water partition coefficient (Wildman–Crippen LogP) is 2.69. The lowest BCUT2D eigenvalue weighted by Gasteiger charge is -2.22. The minimum absolute atomic E-state index is 1.03. The third kappa shape index (κ3) is 5.51. The molecule has 0 heterocycles. The largest absolute Gasteiger partial charge is 0.360 e. The van der Waals surface area contributed by atoms with Crippen molar-refractivity contribution in [2.75, 3.05) is 13.1 Å². The molecule has 0 amide bonds. The highest BCUT2D eigenvalue weighted by Crippen LogP contribution is 1.97. The van der Waals surface area contributed by atoms with E-state index in [0.29, 0.717) is 0 Å². The fourth-order valence-corrected chi connectivity index (χ4v) is 1.25. The van der Waals surface area contributed by atoms with E-state index in [-0.39, 0.29) is 0 Å². The third-order valence-corrected chi connectivity index (χ3v) is 1.89. The lowest BCUT2D eigenvalue weighted by Crippen LogP contribution is -2.30. The molecule has 0 fully saturated rings.